The maximum Gasteiger partial charge on any atom is 0.317 e. The number of carbonyl (C=O) groups excluding carboxylic acids is 1. The first-order valence-corrected chi connectivity index (χ1v) is 8.07. The van der Waals surface area contributed by atoms with Gasteiger partial charge in [-0.3, -0.25) is 0 Å². The van der Waals surface area contributed by atoms with Crippen LogP contribution in [0.3, 0.4) is 0 Å². The summed E-state index contributed by atoms with van der Waals surface area (Å²) in [7, 11) is 1.70. The minimum Gasteiger partial charge on any atom is -0.389 e. The van der Waals surface area contributed by atoms with Gasteiger partial charge in [0.15, 0.2) is 0 Å². The summed E-state index contributed by atoms with van der Waals surface area (Å²) in [6, 6.07) is 7.75. The lowest BCUT2D eigenvalue weighted by Gasteiger charge is -2.43. The van der Waals surface area contributed by atoms with Crippen molar-refractivity contribution in [2.24, 2.45) is 0 Å². The zero-order valence-electron chi connectivity index (χ0n) is 13.5. The van der Waals surface area contributed by atoms with Crippen molar-refractivity contribution < 1.29 is 9.90 Å². The van der Waals surface area contributed by atoms with Crippen molar-refractivity contribution in [2.45, 2.75) is 44.1 Å². The van der Waals surface area contributed by atoms with E-state index in [1.807, 2.05) is 24.3 Å². The van der Waals surface area contributed by atoms with Crippen molar-refractivity contribution in [1.82, 2.24) is 10.2 Å². The molecule has 2 N–H and O–H groups in total. The first-order valence-electron chi connectivity index (χ1n) is 7.69. The number of hydrogen-bond acceptors (Lipinski definition) is 2. The predicted molar refractivity (Wildman–Crippen MR) is 89.3 cm³/mol. The monoisotopic (exact) mass is 324 g/mol. The summed E-state index contributed by atoms with van der Waals surface area (Å²) in [5, 5.41) is 13.5. The van der Waals surface area contributed by atoms with Crippen molar-refractivity contribution in [2.75, 3.05) is 20.1 Å². The average molecular weight is 325 g/mol. The molecule has 2 amide bonds. The van der Waals surface area contributed by atoms with Crippen molar-refractivity contribution in [3.05, 3.63) is 34.9 Å². The molecule has 0 atom stereocenters. The number of likely N-dealkylation sites (N-methyl/N-ethyl adjacent to an activating group) is 1. The predicted octanol–water partition coefficient (Wildman–Crippen LogP) is 3.17. The van der Waals surface area contributed by atoms with E-state index >= 15 is 0 Å². The number of carbonyl (C=O) groups is 1. The van der Waals surface area contributed by atoms with Gasteiger partial charge in [-0.2, -0.15) is 0 Å². The molecule has 122 valence electrons. The van der Waals surface area contributed by atoms with Crippen LogP contribution >= 0.6 is 11.6 Å². The van der Waals surface area contributed by atoms with E-state index in [0.29, 0.717) is 13.1 Å². The summed E-state index contributed by atoms with van der Waals surface area (Å²) in [6.45, 7) is 4.30. The molecule has 1 aromatic carbocycles. The van der Waals surface area contributed by atoms with Crippen molar-refractivity contribution in [1.29, 1.82) is 0 Å². The van der Waals surface area contributed by atoms with E-state index in [1.165, 1.54) is 16.9 Å². The highest BCUT2D eigenvalue weighted by Crippen LogP contribution is 2.43. The molecule has 0 spiro atoms. The van der Waals surface area contributed by atoms with Crippen LogP contribution in [-0.4, -0.2) is 41.8 Å². The van der Waals surface area contributed by atoms with Gasteiger partial charge in [0, 0.05) is 24.0 Å². The molecule has 0 saturated heterocycles. The van der Waals surface area contributed by atoms with E-state index in [4.69, 9.17) is 11.6 Å². The van der Waals surface area contributed by atoms with Gasteiger partial charge in [0.2, 0.25) is 0 Å². The number of halogens is 1. The Kier molecular flexibility index (Phi) is 5.03. The summed E-state index contributed by atoms with van der Waals surface area (Å²) in [5.74, 6) is 0. The molecule has 22 heavy (non-hydrogen) atoms. The van der Waals surface area contributed by atoms with Crippen molar-refractivity contribution in [3.8, 4) is 0 Å². The van der Waals surface area contributed by atoms with Gasteiger partial charge in [-0.1, -0.05) is 30.2 Å². The molecule has 0 heterocycles. The van der Waals surface area contributed by atoms with Gasteiger partial charge in [-0.25, -0.2) is 4.79 Å². The normalized spacial score (nSPS) is 16.8. The highest BCUT2D eigenvalue weighted by molar-refractivity contribution is 6.30. The Morgan fingerprint density at radius 3 is 2.41 bits per heavy atom. The molecule has 1 aliphatic rings. The summed E-state index contributed by atoms with van der Waals surface area (Å²) < 4.78 is 0. The maximum atomic E-state index is 12.2. The highest BCUT2D eigenvalue weighted by atomic mass is 35.5. The SMILES string of the molecule is CN(CC(C)(C)O)C(=O)NCC1(c2ccc(Cl)cc2)CCC1. The van der Waals surface area contributed by atoms with Gasteiger partial charge in [0.25, 0.3) is 0 Å². The van der Waals surface area contributed by atoms with Crippen LogP contribution in [-0.2, 0) is 5.41 Å². The van der Waals surface area contributed by atoms with E-state index in [0.717, 1.165) is 17.9 Å². The third-order valence-corrected chi connectivity index (χ3v) is 4.57. The number of nitrogens with zero attached hydrogens (tertiary/aromatic N) is 1. The fourth-order valence-electron chi connectivity index (χ4n) is 3.01. The van der Waals surface area contributed by atoms with Crippen LogP contribution in [0.1, 0.15) is 38.7 Å². The van der Waals surface area contributed by atoms with Crippen LogP contribution in [0.2, 0.25) is 5.02 Å². The van der Waals surface area contributed by atoms with E-state index in [2.05, 4.69) is 5.32 Å². The second-order valence-corrected chi connectivity index (χ2v) is 7.40. The molecule has 1 fully saturated rings. The number of rotatable bonds is 5. The van der Waals surface area contributed by atoms with Gasteiger partial charge in [-0.05, 0) is 44.4 Å². The second-order valence-electron chi connectivity index (χ2n) is 6.97. The number of amides is 2. The molecule has 4 nitrogen and oxygen atoms in total. The van der Waals surface area contributed by atoms with Gasteiger partial charge in [0.05, 0.1) is 12.1 Å². The Morgan fingerprint density at radius 1 is 1.36 bits per heavy atom. The lowest BCUT2D eigenvalue weighted by atomic mass is 9.64. The first-order chi connectivity index (χ1) is 10.2. The molecule has 0 aliphatic heterocycles. The average Bonchev–Trinajstić information content (AvgIpc) is 2.37. The van der Waals surface area contributed by atoms with Crippen LogP contribution in [0.25, 0.3) is 0 Å². The first kappa shape index (κ1) is 17.1. The van der Waals surface area contributed by atoms with Crippen LogP contribution in [0.15, 0.2) is 24.3 Å². The Hall–Kier alpha value is -1.26. The second kappa shape index (κ2) is 6.47. The zero-order chi connectivity index (χ0) is 16.4. The molecule has 0 radical (unpaired) electrons. The summed E-state index contributed by atoms with van der Waals surface area (Å²) >= 11 is 5.95. The van der Waals surface area contributed by atoms with Crippen LogP contribution < -0.4 is 5.32 Å². The Morgan fingerprint density at radius 2 is 1.95 bits per heavy atom. The van der Waals surface area contributed by atoms with Gasteiger partial charge in [0.1, 0.15) is 0 Å². The Bertz CT molecular complexity index is 518. The van der Waals surface area contributed by atoms with Gasteiger partial charge < -0.3 is 15.3 Å². The molecular formula is C17H25ClN2O2. The van der Waals surface area contributed by atoms with Crippen molar-refractivity contribution >= 4 is 17.6 Å². The van der Waals surface area contributed by atoms with Crippen LogP contribution in [0.4, 0.5) is 4.79 Å². The van der Waals surface area contributed by atoms with E-state index < -0.39 is 5.60 Å². The van der Waals surface area contributed by atoms with Gasteiger partial charge >= 0.3 is 6.03 Å². The maximum absolute atomic E-state index is 12.2. The van der Waals surface area contributed by atoms with E-state index in [9.17, 15) is 9.90 Å². The van der Waals surface area contributed by atoms with Crippen molar-refractivity contribution in [3.63, 3.8) is 0 Å². The third kappa shape index (κ3) is 4.14. The van der Waals surface area contributed by atoms with E-state index in [-0.39, 0.29) is 11.4 Å². The number of benzene rings is 1. The molecule has 2 rings (SSSR count). The lowest BCUT2D eigenvalue weighted by Crippen LogP contribution is -2.50. The quantitative estimate of drug-likeness (QED) is 0.874. The molecule has 1 aromatic rings. The fraction of sp³-hybridized carbons (Fsp3) is 0.588. The standard InChI is InChI=1S/C17H25ClN2O2/c1-16(2,22)12-20(3)15(21)19-11-17(9-4-10-17)13-5-7-14(18)8-6-13/h5-8,22H,4,9-12H2,1-3H3,(H,19,21). The molecule has 1 saturated carbocycles. The molecule has 0 bridgehead atoms. The zero-order valence-corrected chi connectivity index (χ0v) is 14.3. The van der Waals surface area contributed by atoms with Crippen LogP contribution in [0, 0.1) is 0 Å². The Labute approximate surface area is 137 Å². The third-order valence-electron chi connectivity index (χ3n) is 4.32. The topological polar surface area (TPSA) is 52.6 Å². The number of urea groups is 1. The number of nitrogens with one attached hydrogen (secondary N) is 1. The number of hydrogen-bond donors (Lipinski definition) is 2. The largest absolute Gasteiger partial charge is 0.389 e. The molecular weight excluding hydrogens is 300 g/mol. The summed E-state index contributed by atoms with van der Waals surface area (Å²) in [4.78, 5) is 13.7. The molecule has 0 aromatic heterocycles. The lowest BCUT2D eigenvalue weighted by molar-refractivity contribution is 0.0527. The summed E-state index contributed by atoms with van der Waals surface area (Å²) in [5.41, 5.74) is 0.361. The number of aliphatic hydroxyl groups is 1. The van der Waals surface area contributed by atoms with E-state index in [1.54, 1.807) is 20.9 Å². The Balaban J connectivity index is 1.96. The fourth-order valence-corrected chi connectivity index (χ4v) is 3.13. The molecule has 5 heteroatoms. The molecule has 1 aliphatic carbocycles. The minimum atomic E-state index is -0.892. The smallest absolute Gasteiger partial charge is 0.317 e. The summed E-state index contributed by atoms with van der Waals surface area (Å²) in [6.07, 6.45) is 3.33. The van der Waals surface area contributed by atoms with Crippen LogP contribution in [0.5, 0.6) is 0 Å². The highest BCUT2D eigenvalue weighted by Gasteiger charge is 2.39. The minimum absolute atomic E-state index is 0.0236. The molecule has 0 unspecified atom stereocenters. The van der Waals surface area contributed by atoms with Gasteiger partial charge in [-0.15, -0.1) is 0 Å².